The lowest BCUT2D eigenvalue weighted by atomic mass is 9.94. The lowest BCUT2D eigenvalue weighted by Gasteiger charge is -2.15. The number of benzene rings is 1. The maximum Gasteiger partial charge on any atom is 0.231 e. The van der Waals surface area contributed by atoms with Crippen molar-refractivity contribution in [1.82, 2.24) is 4.98 Å². The van der Waals surface area contributed by atoms with Crippen LogP contribution in [0.3, 0.4) is 0 Å². The highest BCUT2D eigenvalue weighted by Gasteiger charge is 2.27. The first kappa shape index (κ1) is 16.0. The molecule has 1 aromatic carbocycles. The molecule has 5 nitrogen and oxygen atoms in total. The highest BCUT2D eigenvalue weighted by molar-refractivity contribution is 7.14. The van der Waals surface area contributed by atoms with E-state index in [1.54, 1.807) is 0 Å². The molecular weight excluding hydrogens is 334 g/mol. The van der Waals surface area contributed by atoms with E-state index in [1.165, 1.54) is 11.3 Å². The molecule has 25 heavy (non-hydrogen) atoms. The van der Waals surface area contributed by atoms with Crippen LogP contribution in [0.5, 0.6) is 0 Å². The van der Waals surface area contributed by atoms with Crippen molar-refractivity contribution in [3.05, 3.63) is 41.3 Å². The third-order valence-electron chi connectivity index (χ3n) is 4.84. The Labute approximate surface area is 150 Å². The summed E-state index contributed by atoms with van der Waals surface area (Å²) in [5.41, 5.74) is 3.64. The van der Waals surface area contributed by atoms with Crippen molar-refractivity contribution in [1.29, 1.82) is 0 Å². The quantitative estimate of drug-likeness (QED) is 0.814. The first-order valence-corrected chi connectivity index (χ1v) is 9.36. The first-order valence-electron chi connectivity index (χ1n) is 8.48. The molecule has 4 rings (SSSR count). The fraction of sp³-hybridized carbons (Fsp3) is 0.316. The zero-order valence-electron chi connectivity index (χ0n) is 13.9. The molecule has 2 amide bonds. The first-order chi connectivity index (χ1) is 12.1. The van der Waals surface area contributed by atoms with E-state index in [1.807, 2.05) is 30.5 Å². The second-order valence-electron chi connectivity index (χ2n) is 6.52. The van der Waals surface area contributed by atoms with Crippen molar-refractivity contribution in [2.75, 3.05) is 10.6 Å². The third kappa shape index (κ3) is 3.09. The molecule has 0 spiro atoms. The standard InChI is InChI=1S/C19H19N3O2S/c1-11-14-9-13(7-8-15(14)20-17(11)23)16-10-25-19(21-16)22-18(24)12-5-3-2-4-6-12/h2-3,7-12H,4-6H2,1H3,(H,20,23)(H,21,22,24)/t11-,12-/m1/s1. The van der Waals surface area contributed by atoms with E-state index in [2.05, 4.69) is 27.8 Å². The average molecular weight is 353 g/mol. The molecule has 0 bridgehead atoms. The highest BCUT2D eigenvalue weighted by Crippen LogP contribution is 2.36. The third-order valence-corrected chi connectivity index (χ3v) is 5.60. The van der Waals surface area contributed by atoms with Crippen LogP contribution in [-0.4, -0.2) is 16.8 Å². The molecule has 2 aromatic rings. The molecule has 0 unspecified atom stereocenters. The molecule has 2 heterocycles. The second-order valence-corrected chi connectivity index (χ2v) is 7.38. The van der Waals surface area contributed by atoms with Crippen LogP contribution in [0.2, 0.25) is 0 Å². The normalized spacial score (nSPS) is 21.7. The number of nitrogens with zero attached hydrogens (tertiary/aromatic N) is 1. The summed E-state index contributed by atoms with van der Waals surface area (Å²) in [6, 6.07) is 5.87. The number of carbonyl (C=O) groups is 2. The maximum atomic E-state index is 12.3. The molecule has 0 saturated heterocycles. The monoisotopic (exact) mass is 353 g/mol. The molecule has 6 heteroatoms. The van der Waals surface area contributed by atoms with Crippen LogP contribution in [0.4, 0.5) is 10.8 Å². The van der Waals surface area contributed by atoms with E-state index in [0.29, 0.717) is 5.13 Å². The van der Waals surface area contributed by atoms with Gasteiger partial charge in [0.15, 0.2) is 5.13 Å². The lowest BCUT2D eigenvalue weighted by molar-refractivity contribution is -0.120. The van der Waals surface area contributed by atoms with Gasteiger partial charge in [0.1, 0.15) is 0 Å². The van der Waals surface area contributed by atoms with E-state index in [-0.39, 0.29) is 23.7 Å². The zero-order valence-corrected chi connectivity index (χ0v) is 14.7. The number of carbonyl (C=O) groups excluding carboxylic acids is 2. The van der Waals surface area contributed by atoms with Crippen molar-refractivity contribution in [3.63, 3.8) is 0 Å². The molecule has 0 radical (unpaired) electrons. The summed E-state index contributed by atoms with van der Waals surface area (Å²) in [5.74, 6) is -0.0371. The topological polar surface area (TPSA) is 71.1 Å². The summed E-state index contributed by atoms with van der Waals surface area (Å²) in [7, 11) is 0. The Balaban J connectivity index is 1.51. The molecule has 2 atom stereocenters. The summed E-state index contributed by atoms with van der Waals surface area (Å²) in [4.78, 5) is 28.6. The molecule has 0 fully saturated rings. The predicted molar refractivity (Wildman–Crippen MR) is 99.7 cm³/mol. The van der Waals surface area contributed by atoms with Gasteiger partial charge in [-0.1, -0.05) is 18.2 Å². The van der Waals surface area contributed by atoms with Crippen LogP contribution >= 0.6 is 11.3 Å². The number of hydrogen-bond donors (Lipinski definition) is 2. The summed E-state index contributed by atoms with van der Waals surface area (Å²) in [6.45, 7) is 1.90. The van der Waals surface area contributed by atoms with Gasteiger partial charge < -0.3 is 10.6 Å². The number of anilines is 2. The van der Waals surface area contributed by atoms with Crippen molar-refractivity contribution >= 4 is 34.0 Å². The van der Waals surface area contributed by atoms with E-state index < -0.39 is 0 Å². The zero-order chi connectivity index (χ0) is 17.4. The van der Waals surface area contributed by atoms with E-state index in [4.69, 9.17) is 0 Å². The van der Waals surface area contributed by atoms with Crippen LogP contribution in [0.15, 0.2) is 35.7 Å². The van der Waals surface area contributed by atoms with Crippen molar-refractivity contribution in [3.8, 4) is 11.3 Å². The Morgan fingerprint density at radius 1 is 1.36 bits per heavy atom. The number of thiazole rings is 1. The molecule has 1 aromatic heterocycles. The van der Waals surface area contributed by atoms with Gasteiger partial charge in [-0.3, -0.25) is 9.59 Å². The van der Waals surface area contributed by atoms with Crippen molar-refractivity contribution in [2.45, 2.75) is 32.1 Å². The molecule has 1 aliphatic heterocycles. The lowest BCUT2D eigenvalue weighted by Crippen LogP contribution is -2.23. The smallest absolute Gasteiger partial charge is 0.231 e. The van der Waals surface area contributed by atoms with E-state index in [0.717, 1.165) is 41.8 Å². The van der Waals surface area contributed by atoms with Gasteiger partial charge in [-0.05, 0) is 43.9 Å². The van der Waals surface area contributed by atoms with Gasteiger partial charge in [0.05, 0.1) is 11.6 Å². The van der Waals surface area contributed by atoms with Crippen LogP contribution in [0.1, 0.15) is 37.7 Å². The van der Waals surface area contributed by atoms with Gasteiger partial charge >= 0.3 is 0 Å². The van der Waals surface area contributed by atoms with Gasteiger partial charge in [0.25, 0.3) is 0 Å². The molecule has 0 saturated carbocycles. The number of nitrogens with one attached hydrogen (secondary N) is 2. The Morgan fingerprint density at radius 3 is 3.04 bits per heavy atom. The fourth-order valence-corrected chi connectivity index (χ4v) is 4.00. The number of allylic oxidation sites excluding steroid dienone is 2. The van der Waals surface area contributed by atoms with Gasteiger partial charge in [0, 0.05) is 22.5 Å². The van der Waals surface area contributed by atoms with Crippen LogP contribution in [0.25, 0.3) is 11.3 Å². The summed E-state index contributed by atoms with van der Waals surface area (Å²) in [6.07, 6.45) is 6.85. The highest BCUT2D eigenvalue weighted by atomic mass is 32.1. The number of aromatic nitrogens is 1. The van der Waals surface area contributed by atoms with Crippen molar-refractivity contribution in [2.24, 2.45) is 5.92 Å². The maximum absolute atomic E-state index is 12.3. The Bertz CT molecular complexity index is 871. The molecule has 128 valence electrons. The van der Waals surface area contributed by atoms with E-state index >= 15 is 0 Å². The molecular formula is C19H19N3O2S. The Hall–Kier alpha value is -2.47. The largest absolute Gasteiger partial charge is 0.325 e. The number of hydrogen-bond acceptors (Lipinski definition) is 4. The molecule has 1 aliphatic carbocycles. The minimum absolute atomic E-state index is 0.0277. The minimum atomic E-state index is -0.146. The minimum Gasteiger partial charge on any atom is -0.325 e. The summed E-state index contributed by atoms with van der Waals surface area (Å²) < 4.78 is 0. The second kappa shape index (κ2) is 6.44. The van der Waals surface area contributed by atoms with Gasteiger partial charge in [-0.2, -0.15) is 0 Å². The van der Waals surface area contributed by atoms with Gasteiger partial charge in [0.2, 0.25) is 11.8 Å². The summed E-state index contributed by atoms with van der Waals surface area (Å²) in [5, 5.41) is 8.37. The number of amides is 2. The molecule has 2 N–H and O–H groups in total. The predicted octanol–water partition coefficient (Wildman–Crippen LogP) is 4.16. The summed E-state index contributed by atoms with van der Waals surface area (Å²) >= 11 is 1.43. The van der Waals surface area contributed by atoms with Crippen molar-refractivity contribution < 1.29 is 9.59 Å². The van der Waals surface area contributed by atoms with Crippen LogP contribution < -0.4 is 10.6 Å². The fourth-order valence-electron chi connectivity index (χ4n) is 3.28. The van der Waals surface area contributed by atoms with Gasteiger partial charge in [-0.15, -0.1) is 11.3 Å². The Kier molecular flexibility index (Phi) is 4.13. The molecule has 2 aliphatic rings. The Morgan fingerprint density at radius 2 is 2.24 bits per heavy atom. The van der Waals surface area contributed by atoms with E-state index in [9.17, 15) is 9.59 Å². The number of rotatable bonds is 3. The SMILES string of the molecule is C[C@H]1C(=O)Nc2ccc(-c3csc(NC(=O)[C@@H]4CC=CCC4)n3)cc21. The average Bonchev–Trinajstić information content (AvgIpc) is 3.21. The van der Waals surface area contributed by atoms with Gasteiger partial charge in [-0.25, -0.2) is 4.98 Å². The van der Waals surface area contributed by atoms with Crippen LogP contribution in [0, 0.1) is 5.92 Å². The van der Waals surface area contributed by atoms with Crippen LogP contribution in [-0.2, 0) is 9.59 Å². The number of fused-ring (bicyclic) bond motifs is 1.